The number of rotatable bonds is 5. The van der Waals surface area contributed by atoms with Crippen molar-refractivity contribution < 1.29 is 18.2 Å². The minimum Gasteiger partial charge on any atom is -0.343 e. The number of amides is 2. The van der Waals surface area contributed by atoms with E-state index in [4.69, 9.17) is 0 Å². The summed E-state index contributed by atoms with van der Waals surface area (Å²) in [6, 6.07) is 11.8. The summed E-state index contributed by atoms with van der Waals surface area (Å²) in [5.41, 5.74) is 0.629. The monoisotopic (exact) mass is 334 g/mol. The normalized spacial score (nSPS) is 11.6. The quantitative estimate of drug-likeness (QED) is 0.877. The molecule has 0 spiro atoms. The van der Waals surface area contributed by atoms with Crippen LogP contribution in [0.25, 0.3) is 0 Å². The first-order valence-electron chi connectivity index (χ1n) is 6.73. The van der Waals surface area contributed by atoms with E-state index in [0.29, 0.717) is 10.6 Å². The van der Waals surface area contributed by atoms with Gasteiger partial charge in [0.25, 0.3) is 5.91 Å². The maximum Gasteiger partial charge on any atom is 0.251 e. The third-order valence-corrected chi connectivity index (χ3v) is 3.86. The molecule has 0 heterocycles. The average molecular weight is 334 g/mol. The van der Waals surface area contributed by atoms with E-state index in [1.165, 1.54) is 18.2 Å². The molecule has 0 aliphatic rings. The molecule has 0 radical (unpaired) electrons. The molecule has 0 aliphatic heterocycles. The highest BCUT2D eigenvalue weighted by Gasteiger charge is 2.09. The van der Waals surface area contributed by atoms with Gasteiger partial charge in [0.1, 0.15) is 5.82 Å². The number of carbonyl (C=O) groups is 2. The fourth-order valence-corrected chi connectivity index (χ4v) is 2.41. The number of halogens is 1. The zero-order chi connectivity index (χ0) is 16.8. The van der Waals surface area contributed by atoms with Crippen LogP contribution in [0.15, 0.2) is 53.4 Å². The molecule has 120 valence electrons. The topological polar surface area (TPSA) is 75.3 Å². The van der Waals surface area contributed by atoms with Crippen molar-refractivity contribution in [1.29, 1.82) is 0 Å². The second kappa shape index (κ2) is 7.64. The number of benzene rings is 2. The van der Waals surface area contributed by atoms with E-state index in [9.17, 15) is 18.2 Å². The number of carbonyl (C=O) groups excluding carboxylic acids is 2. The van der Waals surface area contributed by atoms with Crippen molar-refractivity contribution in [3.63, 3.8) is 0 Å². The van der Waals surface area contributed by atoms with Crippen LogP contribution < -0.4 is 10.6 Å². The number of hydrogen-bond donors (Lipinski definition) is 2. The van der Waals surface area contributed by atoms with Gasteiger partial charge in [-0.05, 0) is 36.4 Å². The second-order valence-electron chi connectivity index (χ2n) is 4.72. The summed E-state index contributed by atoms with van der Waals surface area (Å²) in [6.07, 6.45) is 1.54. The standard InChI is InChI=1S/C16H15FN2O3S/c1-23(22)14-7-3-6-13(9-14)19-15(20)10-18-16(21)11-4-2-5-12(17)8-11/h2-9H,10H2,1H3,(H,18,21)(H,19,20). The van der Waals surface area contributed by atoms with Gasteiger partial charge in [0.2, 0.25) is 5.91 Å². The molecule has 0 fully saturated rings. The summed E-state index contributed by atoms with van der Waals surface area (Å²) in [5, 5.41) is 5.00. The van der Waals surface area contributed by atoms with Crippen molar-refractivity contribution in [1.82, 2.24) is 5.32 Å². The van der Waals surface area contributed by atoms with Gasteiger partial charge in [-0.1, -0.05) is 12.1 Å². The van der Waals surface area contributed by atoms with Crippen LogP contribution >= 0.6 is 0 Å². The molecule has 5 nitrogen and oxygen atoms in total. The van der Waals surface area contributed by atoms with Crippen LogP contribution in [-0.4, -0.2) is 28.8 Å². The summed E-state index contributed by atoms with van der Waals surface area (Å²) in [7, 11) is -1.15. The molecule has 2 aromatic rings. The van der Waals surface area contributed by atoms with Gasteiger partial charge in [0.15, 0.2) is 0 Å². The number of nitrogens with one attached hydrogen (secondary N) is 2. The molecule has 2 N–H and O–H groups in total. The van der Waals surface area contributed by atoms with Gasteiger partial charge in [0.05, 0.1) is 6.54 Å². The van der Waals surface area contributed by atoms with Gasteiger partial charge in [-0.15, -0.1) is 0 Å². The van der Waals surface area contributed by atoms with Gasteiger partial charge >= 0.3 is 0 Å². The Morgan fingerprint density at radius 3 is 2.57 bits per heavy atom. The Morgan fingerprint density at radius 1 is 1.13 bits per heavy atom. The molecule has 0 bridgehead atoms. The van der Waals surface area contributed by atoms with E-state index < -0.39 is 28.4 Å². The lowest BCUT2D eigenvalue weighted by molar-refractivity contribution is -0.115. The highest BCUT2D eigenvalue weighted by molar-refractivity contribution is 7.84. The van der Waals surface area contributed by atoms with E-state index in [-0.39, 0.29) is 12.1 Å². The van der Waals surface area contributed by atoms with Crippen LogP contribution in [0.5, 0.6) is 0 Å². The van der Waals surface area contributed by atoms with E-state index in [1.807, 2.05) is 0 Å². The molecule has 2 aromatic carbocycles. The van der Waals surface area contributed by atoms with Gasteiger partial charge in [0, 0.05) is 33.2 Å². The lowest BCUT2D eigenvalue weighted by Crippen LogP contribution is -2.32. The molecule has 1 atom stereocenters. The summed E-state index contributed by atoms with van der Waals surface area (Å²) in [6.45, 7) is -0.255. The highest BCUT2D eigenvalue weighted by atomic mass is 32.2. The molecule has 2 rings (SSSR count). The molecular formula is C16H15FN2O3S. The van der Waals surface area contributed by atoms with Crippen molar-refractivity contribution in [2.45, 2.75) is 4.90 Å². The van der Waals surface area contributed by atoms with Gasteiger partial charge in [-0.2, -0.15) is 0 Å². The molecule has 2 amide bonds. The van der Waals surface area contributed by atoms with Gasteiger partial charge < -0.3 is 10.6 Å². The van der Waals surface area contributed by atoms with Crippen LogP contribution in [-0.2, 0) is 15.6 Å². The predicted molar refractivity (Wildman–Crippen MR) is 86.1 cm³/mol. The van der Waals surface area contributed by atoms with E-state index in [2.05, 4.69) is 10.6 Å². The third-order valence-electron chi connectivity index (χ3n) is 2.95. The lowest BCUT2D eigenvalue weighted by Gasteiger charge is -2.08. The van der Waals surface area contributed by atoms with Crippen LogP contribution in [0.4, 0.5) is 10.1 Å². The molecule has 0 saturated heterocycles. The minimum absolute atomic E-state index is 0.140. The second-order valence-corrected chi connectivity index (χ2v) is 6.10. The molecule has 23 heavy (non-hydrogen) atoms. The van der Waals surface area contributed by atoms with Crippen LogP contribution in [0.2, 0.25) is 0 Å². The van der Waals surface area contributed by atoms with Gasteiger partial charge in [-0.25, -0.2) is 4.39 Å². The maximum absolute atomic E-state index is 13.0. The number of hydrogen-bond acceptors (Lipinski definition) is 3. The lowest BCUT2D eigenvalue weighted by atomic mass is 10.2. The molecule has 1 unspecified atom stereocenters. The summed E-state index contributed by atoms with van der Waals surface area (Å²) in [5.74, 6) is -1.50. The Bertz CT molecular complexity index is 764. The maximum atomic E-state index is 13.0. The van der Waals surface area contributed by atoms with Crippen molar-refractivity contribution in [3.8, 4) is 0 Å². The van der Waals surface area contributed by atoms with Crippen molar-refractivity contribution in [2.24, 2.45) is 0 Å². The predicted octanol–water partition coefficient (Wildman–Crippen LogP) is 1.93. The molecule has 0 saturated carbocycles. The smallest absolute Gasteiger partial charge is 0.251 e. The Balaban J connectivity index is 1.91. The summed E-state index contributed by atoms with van der Waals surface area (Å²) in [4.78, 5) is 24.2. The Kier molecular flexibility index (Phi) is 5.59. The Morgan fingerprint density at radius 2 is 1.87 bits per heavy atom. The van der Waals surface area contributed by atoms with Crippen LogP contribution in [0.3, 0.4) is 0 Å². The molecule has 0 aromatic heterocycles. The molecular weight excluding hydrogens is 319 g/mol. The number of anilines is 1. The zero-order valence-corrected chi connectivity index (χ0v) is 13.2. The van der Waals surface area contributed by atoms with Crippen molar-refractivity contribution in [2.75, 3.05) is 18.1 Å². The third kappa shape index (κ3) is 5.00. The van der Waals surface area contributed by atoms with E-state index in [1.54, 1.807) is 30.5 Å². The van der Waals surface area contributed by atoms with E-state index in [0.717, 1.165) is 6.07 Å². The fourth-order valence-electron chi connectivity index (χ4n) is 1.85. The minimum atomic E-state index is -1.15. The van der Waals surface area contributed by atoms with Crippen molar-refractivity contribution in [3.05, 3.63) is 59.9 Å². The first-order chi connectivity index (χ1) is 11.0. The Hall–Kier alpha value is -2.54. The summed E-state index contributed by atoms with van der Waals surface area (Å²) >= 11 is 0. The van der Waals surface area contributed by atoms with Crippen LogP contribution in [0.1, 0.15) is 10.4 Å². The van der Waals surface area contributed by atoms with Gasteiger partial charge in [-0.3, -0.25) is 13.8 Å². The summed E-state index contributed by atoms with van der Waals surface area (Å²) < 4.78 is 24.4. The largest absolute Gasteiger partial charge is 0.343 e. The first kappa shape index (κ1) is 16.8. The first-order valence-corrected chi connectivity index (χ1v) is 8.28. The fraction of sp³-hybridized carbons (Fsp3) is 0.125. The van der Waals surface area contributed by atoms with Crippen molar-refractivity contribution >= 4 is 28.3 Å². The highest BCUT2D eigenvalue weighted by Crippen LogP contribution is 2.13. The molecule has 7 heteroatoms. The zero-order valence-electron chi connectivity index (χ0n) is 12.3. The average Bonchev–Trinajstić information content (AvgIpc) is 2.53. The molecule has 0 aliphatic carbocycles. The SMILES string of the molecule is CS(=O)c1cccc(NC(=O)CNC(=O)c2cccc(F)c2)c1. The van der Waals surface area contributed by atoms with E-state index >= 15 is 0 Å². The van der Waals surface area contributed by atoms with Crippen LogP contribution in [0, 0.1) is 5.82 Å². The Labute approximate surface area is 135 Å².